The fourth-order valence-corrected chi connectivity index (χ4v) is 2.17. The molecule has 18 heavy (non-hydrogen) atoms. The van der Waals surface area contributed by atoms with Gasteiger partial charge in [0.2, 0.25) is 0 Å². The number of hydrogen-bond donors (Lipinski definition) is 2. The summed E-state index contributed by atoms with van der Waals surface area (Å²) >= 11 is 8.66. The van der Waals surface area contributed by atoms with E-state index in [1.54, 1.807) is 6.26 Å². The first-order chi connectivity index (χ1) is 8.65. The molecule has 0 fully saturated rings. The van der Waals surface area contributed by atoms with E-state index < -0.39 is 0 Å². The summed E-state index contributed by atoms with van der Waals surface area (Å²) in [4.78, 5) is 0. The molecule has 2 rings (SSSR count). The third-order valence-corrected chi connectivity index (χ3v) is 3.18. The molecule has 0 saturated heterocycles. The van der Waals surface area contributed by atoms with Crippen molar-refractivity contribution in [3.63, 3.8) is 0 Å². The van der Waals surface area contributed by atoms with E-state index in [0.717, 1.165) is 21.5 Å². The zero-order valence-electron chi connectivity index (χ0n) is 9.87. The summed E-state index contributed by atoms with van der Waals surface area (Å²) in [5.74, 6) is 0.853. The van der Waals surface area contributed by atoms with Crippen LogP contribution in [0.5, 0.6) is 0 Å². The highest BCUT2D eigenvalue weighted by molar-refractivity contribution is 9.10. The van der Waals surface area contributed by atoms with E-state index in [2.05, 4.69) is 26.6 Å². The molecule has 3 nitrogen and oxygen atoms in total. The van der Waals surface area contributed by atoms with Crippen LogP contribution >= 0.6 is 28.1 Å². The number of rotatable bonds is 3. The van der Waals surface area contributed by atoms with Gasteiger partial charge in [0.25, 0.3) is 0 Å². The molecule has 0 amide bonds. The predicted octanol–water partition coefficient (Wildman–Crippen LogP) is 3.84. The highest BCUT2D eigenvalue weighted by Gasteiger charge is 2.02. The van der Waals surface area contributed by atoms with Crippen molar-refractivity contribution in [1.82, 2.24) is 5.32 Å². The Labute approximate surface area is 120 Å². The van der Waals surface area contributed by atoms with Crippen molar-refractivity contribution < 1.29 is 4.42 Å². The number of halogens is 1. The molecule has 1 aromatic heterocycles. The van der Waals surface area contributed by atoms with Gasteiger partial charge in [-0.3, -0.25) is 0 Å². The van der Waals surface area contributed by atoms with Gasteiger partial charge in [0.15, 0.2) is 5.11 Å². The van der Waals surface area contributed by atoms with Gasteiger partial charge in [0.05, 0.1) is 12.8 Å². The third-order valence-electron chi connectivity index (χ3n) is 2.44. The number of anilines is 1. The Kier molecular flexibility index (Phi) is 4.38. The fraction of sp³-hybridized carbons (Fsp3) is 0.154. The van der Waals surface area contributed by atoms with Gasteiger partial charge in [-0.05, 0) is 55.0 Å². The van der Waals surface area contributed by atoms with Crippen molar-refractivity contribution >= 4 is 38.9 Å². The monoisotopic (exact) mass is 324 g/mol. The lowest BCUT2D eigenvalue weighted by Crippen LogP contribution is -2.28. The number of thiocarbonyl (C=S) groups is 1. The minimum absolute atomic E-state index is 0.578. The molecule has 1 aromatic carbocycles. The summed E-state index contributed by atoms with van der Waals surface area (Å²) in [7, 11) is 0. The lowest BCUT2D eigenvalue weighted by molar-refractivity contribution is 0.503. The van der Waals surface area contributed by atoms with Crippen molar-refractivity contribution in [3.05, 3.63) is 52.4 Å². The first-order valence-corrected chi connectivity index (χ1v) is 6.68. The van der Waals surface area contributed by atoms with Gasteiger partial charge in [-0.15, -0.1) is 0 Å². The van der Waals surface area contributed by atoms with E-state index in [-0.39, 0.29) is 0 Å². The average molecular weight is 325 g/mol. The lowest BCUT2D eigenvalue weighted by atomic mass is 10.2. The Morgan fingerprint density at radius 1 is 1.39 bits per heavy atom. The SMILES string of the molecule is Cc1cc(Br)ccc1NC(=S)NCc1ccco1. The minimum Gasteiger partial charge on any atom is -0.467 e. The molecule has 0 aliphatic carbocycles. The van der Waals surface area contributed by atoms with Crippen LogP contribution in [0, 0.1) is 6.92 Å². The van der Waals surface area contributed by atoms with Crippen molar-refractivity contribution in [1.29, 1.82) is 0 Å². The van der Waals surface area contributed by atoms with Gasteiger partial charge in [0, 0.05) is 10.2 Å². The number of hydrogen-bond acceptors (Lipinski definition) is 2. The van der Waals surface area contributed by atoms with Crippen molar-refractivity contribution in [3.8, 4) is 0 Å². The van der Waals surface area contributed by atoms with Crippen LogP contribution in [0.2, 0.25) is 0 Å². The van der Waals surface area contributed by atoms with Crippen LogP contribution in [0.1, 0.15) is 11.3 Å². The van der Waals surface area contributed by atoms with E-state index in [1.165, 1.54) is 0 Å². The predicted molar refractivity (Wildman–Crippen MR) is 80.6 cm³/mol. The zero-order chi connectivity index (χ0) is 13.0. The average Bonchev–Trinajstić information content (AvgIpc) is 2.83. The van der Waals surface area contributed by atoms with Gasteiger partial charge in [-0.2, -0.15) is 0 Å². The summed E-state index contributed by atoms with van der Waals surface area (Å²) in [6.45, 7) is 2.61. The molecule has 0 aliphatic rings. The van der Waals surface area contributed by atoms with Gasteiger partial charge >= 0.3 is 0 Å². The lowest BCUT2D eigenvalue weighted by Gasteiger charge is -2.11. The Morgan fingerprint density at radius 2 is 2.22 bits per heavy atom. The molecule has 0 atom stereocenters. The topological polar surface area (TPSA) is 37.2 Å². The van der Waals surface area contributed by atoms with Gasteiger partial charge in [-0.1, -0.05) is 15.9 Å². The summed E-state index contributed by atoms with van der Waals surface area (Å²) in [5, 5.41) is 6.83. The van der Waals surface area contributed by atoms with E-state index >= 15 is 0 Å². The highest BCUT2D eigenvalue weighted by atomic mass is 79.9. The summed E-state index contributed by atoms with van der Waals surface area (Å²) in [6, 6.07) is 9.76. The Hall–Kier alpha value is -1.33. The molecule has 0 spiro atoms. The second-order valence-electron chi connectivity index (χ2n) is 3.85. The Morgan fingerprint density at radius 3 is 2.89 bits per heavy atom. The first-order valence-electron chi connectivity index (χ1n) is 5.48. The molecule has 2 aromatic rings. The Balaban J connectivity index is 1.91. The van der Waals surface area contributed by atoms with E-state index in [4.69, 9.17) is 16.6 Å². The van der Waals surface area contributed by atoms with E-state index in [0.29, 0.717) is 11.7 Å². The molecule has 2 N–H and O–H groups in total. The number of aryl methyl sites for hydroxylation is 1. The van der Waals surface area contributed by atoms with E-state index in [9.17, 15) is 0 Å². The second-order valence-corrected chi connectivity index (χ2v) is 5.17. The third kappa shape index (κ3) is 3.58. The van der Waals surface area contributed by atoms with Crippen LogP contribution in [0.3, 0.4) is 0 Å². The number of furan rings is 1. The summed E-state index contributed by atoms with van der Waals surface area (Å²) in [6.07, 6.45) is 1.65. The maximum Gasteiger partial charge on any atom is 0.171 e. The van der Waals surface area contributed by atoms with Crippen LogP contribution in [0.15, 0.2) is 45.5 Å². The molecule has 94 valence electrons. The summed E-state index contributed by atoms with van der Waals surface area (Å²) < 4.78 is 6.27. The molecule has 0 radical (unpaired) electrons. The molecule has 0 saturated carbocycles. The van der Waals surface area contributed by atoms with Crippen LogP contribution in [0.4, 0.5) is 5.69 Å². The van der Waals surface area contributed by atoms with Crippen molar-refractivity contribution in [2.45, 2.75) is 13.5 Å². The molecule has 1 heterocycles. The molecule has 0 aliphatic heterocycles. The smallest absolute Gasteiger partial charge is 0.171 e. The van der Waals surface area contributed by atoms with Crippen molar-refractivity contribution in [2.75, 3.05) is 5.32 Å². The van der Waals surface area contributed by atoms with Gasteiger partial charge in [-0.25, -0.2) is 0 Å². The van der Waals surface area contributed by atoms with Gasteiger partial charge in [0.1, 0.15) is 5.76 Å². The minimum atomic E-state index is 0.578. The molecular weight excluding hydrogens is 312 g/mol. The standard InChI is InChI=1S/C13H13BrN2OS/c1-9-7-10(14)4-5-12(9)16-13(18)15-8-11-3-2-6-17-11/h2-7H,8H2,1H3,(H2,15,16,18). The maximum atomic E-state index is 5.23. The molecular formula is C13H13BrN2OS. The zero-order valence-corrected chi connectivity index (χ0v) is 12.3. The highest BCUT2D eigenvalue weighted by Crippen LogP contribution is 2.19. The normalized spacial score (nSPS) is 10.1. The van der Waals surface area contributed by atoms with Crippen LogP contribution < -0.4 is 10.6 Å². The fourth-order valence-electron chi connectivity index (χ4n) is 1.51. The first kappa shape index (κ1) is 13.1. The molecule has 0 bridgehead atoms. The van der Waals surface area contributed by atoms with Gasteiger partial charge < -0.3 is 15.1 Å². The largest absolute Gasteiger partial charge is 0.467 e. The van der Waals surface area contributed by atoms with E-state index in [1.807, 2.05) is 37.3 Å². The number of nitrogens with one attached hydrogen (secondary N) is 2. The number of benzene rings is 1. The second kappa shape index (κ2) is 6.02. The van der Waals surface area contributed by atoms with Crippen molar-refractivity contribution in [2.24, 2.45) is 0 Å². The Bertz CT molecular complexity index is 540. The molecule has 5 heteroatoms. The quantitative estimate of drug-likeness (QED) is 0.841. The molecule has 0 unspecified atom stereocenters. The summed E-state index contributed by atoms with van der Waals surface area (Å²) in [5.41, 5.74) is 2.13. The van der Waals surface area contributed by atoms with Crippen LogP contribution in [-0.4, -0.2) is 5.11 Å². The van der Waals surface area contributed by atoms with Crippen LogP contribution in [-0.2, 0) is 6.54 Å². The maximum absolute atomic E-state index is 5.23. The van der Waals surface area contributed by atoms with Crippen LogP contribution in [0.25, 0.3) is 0 Å².